The Balaban J connectivity index is 2.62. The van der Waals surface area contributed by atoms with Gasteiger partial charge in [0.15, 0.2) is 6.79 Å². The molecule has 0 radical (unpaired) electrons. The molecule has 7 nitrogen and oxygen atoms in total. The summed E-state index contributed by atoms with van der Waals surface area (Å²) in [4.78, 5) is 26.3. The summed E-state index contributed by atoms with van der Waals surface area (Å²) in [7, 11) is 2.84. The summed E-state index contributed by atoms with van der Waals surface area (Å²) in [5.74, 6) is -0.120. The number of hydrogen-bond donors (Lipinski definition) is 0. The first-order valence-electron chi connectivity index (χ1n) is 5.59. The SMILES string of the molecule is COCC(=O)OCOC1C(OC)=CC=NC1(C)C=O. The lowest BCUT2D eigenvalue weighted by molar-refractivity contribution is -0.167. The molecule has 0 spiro atoms. The molecule has 106 valence electrons. The number of hydrogen-bond acceptors (Lipinski definition) is 7. The molecule has 0 aromatic rings. The number of rotatable bonds is 7. The van der Waals surface area contributed by atoms with Crippen molar-refractivity contribution >= 4 is 18.5 Å². The van der Waals surface area contributed by atoms with Crippen molar-refractivity contribution in [3.63, 3.8) is 0 Å². The normalized spacial score (nSPS) is 25.6. The quantitative estimate of drug-likeness (QED) is 0.371. The van der Waals surface area contributed by atoms with Gasteiger partial charge in [-0.1, -0.05) is 0 Å². The Labute approximate surface area is 111 Å². The number of carbonyl (C=O) groups excluding carboxylic acids is 2. The molecule has 19 heavy (non-hydrogen) atoms. The van der Waals surface area contributed by atoms with E-state index in [1.54, 1.807) is 13.0 Å². The number of allylic oxidation sites excluding steroid dienone is 1. The van der Waals surface area contributed by atoms with Gasteiger partial charge in [0.2, 0.25) is 0 Å². The molecule has 2 atom stereocenters. The van der Waals surface area contributed by atoms with Crippen molar-refractivity contribution in [2.75, 3.05) is 27.6 Å². The van der Waals surface area contributed by atoms with Gasteiger partial charge in [0.25, 0.3) is 0 Å². The fourth-order valence-corrected chi connectivity index (χ4v) is 1.56. The summed E-state index contributed by atoms with van der Waals surface area (Å²) < 4.78 is 19.9. The molecule has 0 aromatic heterocycles. The number of nitrogens with zero attached hydrogens (tertiary/aromatic N) is 1. The van der Waals surface area contributed by atoms with Crippen LogP contribution in [0, 0.1) is 0 Å². The lowest BCUT2D eigenvalue weighted by Crippen LogP contribution is -2.45. The van der Waals surface area contributed by atoms with Crippen LogP contribution in [-0.4, -0.2) is 57.7 Å². The fraction of sp³-hybridized carbons (Fsp3) is 0.583. The van der Waals surface area contributed by atoms with Crippen LogP contribution in [0.4, 0.5) is 0 Å². The van der Waals surface area contributed by atoms with E-state index < -0.39 is 17.6 Å². The summed E-state index contributed by atoms with van der Waals surface area (Å²) in [6.07, 6.45) is 2.99. The molecule has 1 rings (SSSR count). The third kappa shape index (κ3) is 3.87. The summed E-state index contributed by atoms with van der Waals surface area (Å²) in [6.45, 7) is 1.13. The molecule has 0 fully saturated rings. The highest BCUT2D eigenvalue weighted by Gasteiger charge is 2.40. The number of aliphatic imine (C=N–C) groups is 1. The Morgan fingerprint density at radius 3 is 2.84 bits per heavy atom. The minimum Gasteiger partial charge on any atom is -0.498 e. The Kier molecular flexibility index (Phi) is 5.65. The molecule has 0 bridgehead atoms. The average Bonchev–Trinajstić information content (AvgIpc) is 2.41. The molecule has 1 aliphatic heterocycles. The van der Waals surface area contributed by atoms with Crippen molar-refractivity contribution in [1.82, 2.24) is 0 Å². The van der Waals surface area contributed by atoms with Crippen LogP contribution in [0.3, 0.4) is 0 Å². The molecular weight excluding hydrogens is 254 g/mol. The molecule has 0 saturated heterocycles. The first-order chi connectivity index (χ1) is 9.07. The second kappa shape index (κ2) is 7.01. The molecular formula is C12H17NO6. The maximum atomic E-state index is 11.1. The standard InChI is InChI=1S/C12H17NO6/c1-12(7-14)11(9(17-3)4-5-13-12)19-8-18-10(15)6-16-2/h4-5,7,11H,6,8H2,1-3H3. The van der Waals surface area contributed by atoms with Crippen LogP contribution in [0.2, 0.25) is 0 Å². The molecule has 2 unspecified atom stereocenters. The van der Waals surface area contributed by atoms with Crippen LogP contribution < -0.4 is 0 Å². The number of ether oxygens (including phenoxy) is 4. The van der Waals surface area contributed by atoms with Gasteiger partial charge in [0.05, 0.1) is 7.11 Å². The van der Waals surface area contributed by atoms with Gasteiger partial charge in [-0.25, -0.2) is 4.79 Å². The summed E-state index contributed by atoms with van der Waals surface area (Å²) in [6, 6.07) is 0. The van der Waals surface area contributed by atoms with E-state index in [0.29, 0.717) is 12.0 Å². The monoisotopic (exact) mass is 271 g/mol. The van der Waals surface area contributed by atoms with E-state index in [9.17, 15) is 9.59 Å². The zero-order valence-corrected chi connectivity index (χ0v) is 11.1. The van der Waals surface area contributed by atoms with Crippen molar-refractivity contribution < 1.29 is 28.5 Å². The predicted molar refractivity (Wildman–Crippen MR) is 65.8 cm³/mol. The van der Waals surface area contributed by atoms with E-state index >= 15 is 0 Å². The molecule has 7 heteroatoms. The lowest BCUT2D eigenvalue weighted by Gasteiger charge is -2.32. The molecule has 0 aromatic carbocycles. The highest BCUT2D eigenvalue weighted by Crippen LogP contribution is 2.26. The number of methoxy groups -OCH3 is 2. The summed E-state index contributed by atoms with van der Waals surface area (Å²) >= 11 is 0. The van der Waals surface area contributed by atoms with Crippen LogP contribution in [0.25, 0.3) is 0 Å². The molecule has 0 saturated carbocycles. The number of carbonyl (C=O) groups is 2. The Hall–Kier alpha value is -1.73. The van der Waals surface area contributed by atoms with Gasteiger partial charge < -0.3 is 23.7 Å². The second-order valence-electron chi connectivity index (χ2n) is 4.01. The third-order valence-corrected chi connectivity index (χ3v) is 2.57. The minimum absolute atomic E-state index is 0.163. The number of dihydropyridines is 1. The maximum Gasteiger partial charge on any atom is 0.334 e. The number of aldehydes is 1. The van der Waals surface area contributed by atoms with Crippen LogP contribution in [0.1, 0.15) is 6.92 Å². The summed E-state index contributed by atoms with van der Waals surface area (Å²) in [5, 5.41) is 0. The van der Waals surface area contributed by atoms with E-state index in [4.69, 9.17) is 14.2 Å². The van der Waals surface area contributed by atoms with Gasteiger partial charge in [-0.05, 0) is 13.0 Å². The van der Waals surface area contributed by atoms with E-state index in [-0.39, 0.29) is 13.4 Å². The number of esters is 1. The van der Waals surface area contributed by atoms with E-state index in [1.807, 2.05) is 0 Å². The Morgan fingerprint density at radius 1 is 1.53 bits per heavy atom. The maximum absolute atomic E-state index is 11.1. The first kappa shape index (κ1) is 15.3. The van der Waals surface area contributed by atoms with Crippen molar-refractivity contribution in [3.05, 3.63) is 11.8 Å². The first-order valence-corrected chi connectivity index (χ1v) is 5.59. The zero-order chi connectivity index (χ0) is 14.3. The van der Waals surface area contributed by atoms with Crippen molar-refractivity contribution in [3.8, 4) is 0 Å². The highest BCUT2D eigenvalue weighted by atomic mass is 16.7. The predicted octanol–water partition coefficient (Wildman–Crippen LogP) is 0.0910. The van der Waals surface area contributed by atoms with Crippen LogP contribution in [0.5, 0.6) is 0 Å². The van der Waals surface area contributed by atoms with Gasteiger partial charge >= 0.3 is 5.97 Å². The van der Waals surface area contributed by atoms with Crippen molar-refractivity contribution in [2.24, 2.45) is 4.99 Å². The highest BCUT2D eigenvalue weighted by molar-refractivity contribution is 5.80. The summed E-state index contributed by atoms with van der Waals surface area (Å²) in [5.41, 5.74) is -1.10. The largest absolute Gasteiger partial charge is 0.498 e. The lowest BCUT2D eigenvalue weighted by atomic mass is 9.93. The van der Waals surface area contributed by atoms with Gasteiger partial charge in [-0.2, -0.15) is 0 Å². The Morgan fingerprint density at radius 2 is 2.26 bits per heavy atom. The van der Waals surface area contributed by atoms with Gasteiger partial charge in [0, 0.05) is 13.3 Å². The minimum atomic E-state index is -1.10. The topological polar surface area (TPSA) is 83.4 Å². The van der Waals surface area contributed by atoms with Crippen molar-refractivity contribution in [2.45, 2.75) is 18.6 Å². The van der Waals surface area contributed by atoms with E-state index in [0.717, 1.165) is 0 Å². The molecule has 1 heterocycles. The zero-order valence-electron chi connectivity index (χ0n) is 11.1. The van der Waals surface area contributed by atoms with Gasteiger partial charge in [-0.15, -0.1) is 0 Å². The third-order valence-electron chi connectivity index (χ3n) is 2.57. The Bertz CT molecular complexity index is 392. The van der Waals surface area contributed by atoms with Crippen LogP contribution in [0.15, 0.2) is 16.8 Å². The molecule has 0 N–H and O–H groups in total. The second-order valence-corrected chi connectivity index (χ2v) is 4.01. The van der Waals surface area contributed by atoms with E-state index in [2.05, 4.69) is 9.73 Å². The molecule has 0 amide bonds. The van der Waals surface area contributed by atoms with E-state index in [1.165, 1.54) is 20.4 Å². The van der Waals surface area contributed by atoms with Crippen LogP contribution >= 0.6 is 0 Å². The average molecular weight is 271 g/mol. The smallest absolute Gasteiger partial charge is 0.334 e. The fourth-order valence-electron chi connectivity index (χ4n) is 1.56. The van der Waals surface area contributed by atoms with Crippen LogP contribution in [-0.2, 0) is 28.5 Å². The van der Waals surface area contributed by atoms with Crippen molar-refractivity contribution in [1.29, 1.82) is 0 Å². The van der Waals surface area contributed by atoms with Gasteiger partial charge in [0.1, 0.15) is 30.3 Å². The molecule has 1 aliphatic rings. The molecule has 0 aliphatic carbocycles. The van der Waals surface area contributed by atoms with Gasteiger partial charge in [-0.3, -0.25) is 4.99 Å².